The van der Waals surface area contributed by atoms with Gasteiger partial charge >= 0.3 is 6.09 Å². The van der Waals surface area contributed by atoms with Gasteiger partial charge in [0.1, 0.15) is 0 Å². The zero-order valence-corrected chi connectivity index (χ0v) is 5.49. The molecule has 0 aromatic rings. The van der Waals surface area contributed by atoms with E-state index in [9.17, 15) is 4.79 Å². The minimum absolute atomic E-state index is 0.400. The Morgan fingerprint density at radius 2 is 2.57 bits per heavy atom. The number of rotatable bonds is 1. The molecule has 0 aromatic heterocycles. The molecule has 0 spiro atoms. The van der Waals surface area contributed by atoms with E-state index in [1.807, 2.05) is 0 Å². The van der Waals surface area contributed by atoms with Crippen LogP contribution in [0.4, 0.5) is 4.79 Å². The molecule has 0 saturated heterocycles. The maximum Gasteiger partial charge on any atom is 0.417 e. The van der Waals surface area contributed by atoms with Crippen molar-refractivity contribution >= 4 is 22.2 Å². The molecule has 0 unspecified atom stereocenters. The van der Waals surface area contributed by atoms with Crippen LogP contribution in [0.2, 0.25) is 0 Å². The van der Waals surface area contributed by atoms with Crippen LogP contribution in [0.1, 0.15) is 6.92 Å². The molecule has 4 heteroatoms. The average molecular weight is 168 g/mol. The quantitative estimate of drug-likeness (QED) is 0.594. The highest BCUT2D eigenvalue weighted by Gasteiger charge is 1.91. The van der Waals surface area contributed by atoms with E-state index < -0.39 is 6.09 Å². The summed E-state index contributed by atoms with van der Waals surface area (Å²) < 4.78 is 6.51. The third-order valence-electron chi connectivity index (χ3n) is 0.353. The van der Waals surface area contributed by atoms with Crippen LogP contribution < -0.4 is 4.34 Å². The molecule has 0 radical (unpaired) electrons. The van der Waals surface area contributed by atoms with Gasteiger partial charge in [0.2, 0.25) is 0 Å². The molecular weight excluding hydrogens is 162 g/mol. The Balaban J connectivity index is 3.00. The molecule has 1 N–H and O–H groups in total. The van der Waals surface area contributed by atoms with Crippen molar-refractivity contribution in [2.75, 3.05) is 6.61 Å². The van der Waals surface area contributed by atoms with Crippen molar-refractivity contribution in [3.8, 4) is 0 Å². The van der Waals surface area contributed by atoms with Gasteiger partial charge in [-0.3, -0.25) is 4.34 Å². The zero-order valence-electron chi connectivity index (χ0n) is 3.90. The van der Waals surface area contributed by atoms with Gasteiger partial charge in [0.25, 0.3) is 0 Å². The van der Waals surface area contributed by atoms with Crippen molar-refractivity contribution in [1.82, 2.24) is 4.34 Å². The van der Waals surface area contributed by atoms with Crippen LogP contribution in [-0.4, -0.2) is 12.7 Å². The number of halogens is 1. The van der Waals surface area contributed by atoms with Crippen LogP contribution in [0.3, 0.4) is 0 Å². The normalized spacial score (nSPS) is 7.71. The molecule has 7 heavy (non-hydrogen) atoms. The number of carbonyl (C=O) groups is 1. The second-order valence-electron chi connectivity index (χ2n) is 0.815. The Morgan fingerprint density at radius 3 is 2.71 bits per heavy atom. The average Bonchev–Trinajstić information content (AvgIpc) is 1.68. The zero-order chi connectivity index (χ0) is 5.70. The van der Waals surface area contributed by atoms with Crippen molar-refractivity contribution in [1.29, 1.82) is 0 Å². The number of hydrogen-bond acceptors (Lipinski definition) is 2. The van der Waals surface area contributed by atoms with Crippen LogP contribution in [0.15, 0.2) is 0 Å². The lowest BCUT2D eigenvalue weighted by molar-refractivity contribution is 0.160. The van der Waals surface area contributed by atoms with Gasteiger partial charge in [0.05, 0.1) is 22.8 Å². The van der Waals surface area contributed by atoms with Gasteiger partial charge in [0, 0.05) is 0 Å². The van der Waals surface area contributed by atoms with E-state index in [1.165, 1.54) is 0 Å². The number of nitrogens with one attached hydrogen (secondary N) is 1. The molecular formula is C3H6BrNO2. The minimum Gasteiger partial charge on any atom is -0.449 e. The Bertz CT molecular complexity index is 66.0. The number of amides is 1. The lowest BCUT2D eigenvalue weighted by Crippen LogP contribution is -2.12. The molecule has 0 saturated carbocycles. The molecule has 0 aliphatic rings. The summed E-state index contributed by atoms with van der Waals surface area (Å²) in [7, 11) is 0. The second kappa shape index (κ2) is 3.92. The lowest BCUT2D eigenvalue weighted by Gasteiger charge is -1.94. The summed E-state index contributed by atoms with van der Waals surface area (Å²) in [6, 6.07) is 0. The fourth-order valence-corrected chi connectivity index (χ4v) is 0.273. The van der Waals surface area contributed by atoms with E-state index in [4.69, 9.17) is 0 Å². The predicted octanol–water partition coefficient (Wildman–Crippen LogP) is 1.04. The summed E-state index contributed by atoms with van der Waals surface area (Å²) in [4.78, 5) is 10.0. The number of carbonyl (C=O) groups excluding carboxylic acids is 1. The SMILES string of the molecule is CCOC(=O)NBr. The highest BCUT2D eigenvalue weighted by molar-refractivity contribution is 9.08. The summed E-state index contributed by atoms with van der Waals surface area (Å²) in [5, 5.41) is 0. The van der Waals surface area contributed by atoms with Crippen molar-refractivity contribution in [2.24, 2.45) is 0 Å². The molecule has 3 nitrogen and oxygen atoms in total. The van der Waals surface area contributed by atoms with Crippen LogP contribution in [-0.2, 0) is 4.74 Å². The number of ether oxygens (including phenoxy) is 1. The first-order chi connectivity index (χ1) is 3.31. The van der Waals surface area contributed by atoms with E-state index in [0.717, 1.165) is 0 Å². The van der Waals surface area contributed by atoms with Gasteiger partial charge in [-0.05, 0) is 6.92 Å². The summed E-state index contributed by atoms with van der Waals surface area (Å²) in [5.41, 5.74) is 0. The van der Waals surface area contributed by atoms with Crippen molar-refractivity contribution in [3.63, 3.8) is 0 Å². The fraction of sp³-hybridized carbons (Fsp3) is 0.667. The summed E-state index contributed by atoms with van der Waals surface area (Å²) in [6.07, 6.45) is -0.456. The summed E-state index contributed by atoms with van der Waals surface area (Å²) in [6.45, 7) is 2.14. The van der Waals surface area contributed by atoms with E-state index in [-0.39, 0.29) is 0 Å². The van der Waals surface area contributed by atoms with Gasteiger partial charge in [-0.15, -0.1) is 0 Å². The molecule has 0 rings (SSSR count). The van der Waals surface area contributed by atoms with Crippen LogP contribution in [0.25, 0.3) is 0 Å². The Hall–Kier alpha value is -0.250. The van der Waals surface area contributed by atoms with E-state index in [1.54, 1.807) is 6.92 Å². The van der Waals surface area contributed by atoms with Crippen LogP contribution >= 0.6 is 16.1 Å². The van der Waals surface area contributed by atoms with Crippen LogP contribution in [0.5, 0.6) is 0 Å². The van der Waals surface area contributed by atoms with Gasteiger partial charge in [-0.1, -0.05) is 0 Å². The van der Waals surface area contributed by atoms with Crippen LogP contribution in [0, 0.1) is 0 Å². The predicted molar refractivity (Wildman–Crippen MR) is 29.1 cm³/mol. The summed E-state index contributed by atoms with van der Waals surface area (Å²) >= 11 is 2.69. The Morgan fingerprint density at radius 1 is 2.00 bits per heavy atom. The summed E-state index contributed by atoms with van der Waals surface area (Å²) in [5.74, 6) is 0. The van der Waals surface area contributed by atoms with Crippen molar-refractivity contribution in [3.05, 3.63) is 0 Å². The lowest BCUT2D eigenvalue weighted by atomic mass is 10.9. The molecule has 0 heterocycles. The molecule has 0 fully saturated rings. The van der Waals surface area contributed by atoms with Gasteiger partial charge in [0.15, 0.2) is 0 Å². The molecule has 0 atom stereocenters. The smallest absolute Gasteiger partial charge is 0.417 e. The van der Waals surface area contributed by atoms with Crippen molar-refractivity contribution in [2.45, 2.75) is 6.92 Å². The third kappa shape index (κ3) is 3.58. The minimum atomic E-state index is -0.456. The molecule has 0 aliphatic heterocycles. The van der Waals surface area contributed by atoms with E-state index in [0.29, 0.717) is 6.61 Å². The maximum atomic E-state index is 10.0. The van der Waals surface area contributed by atoms with Gasteiger partial charge in [-0.25, -0.2) is 4.79 Å². The molecule has 0 aromatic carbocycles. The maximum absolute atomic E-state index is 10.0. The first kappa shape index (κ1) is 6.75. The highest BCUT2D eigenvalue weighted by atomic mass is 79.9. The molecule has 1 amide bonds. The molecule has 0 aliphatic carbocycles. The number of hydrogen-bond donors (Lipinski definition) is 1. The topological polar surface area (TPSA) is 38.3 Å². The first-order valence-electron chi connectivity index (χ1n) is 1.84. The molecule has 0 bridgehead atoms. The third-order valence-corrected chi connectivity index (χ3v) is 0.676. The largest absolute Gasteiger partial charge is 0.449 e. The van der Waals surface area contributed by atoms with E-state index in [2.05, 4.69) is 25.2 Å². The van der Waals surface area contributed by atoms with Gasteiger partial charge < -0.3 is 4.74 Å². The molecule has 42 valence electrons. The highest BCUT2D eigenvalue weighted by Crippen LogP contribution is 1.76. The van der Waals surface area contributed by atoms with Crippen molar-refractivity contribution < 1.29 is 9.53 Å². The first-order valence-corrected chi connectivity index (χ1v) is 2.64. The Kier molecular flexibility index (Phi) is 3.78. The Labute approximate surface area is 50.4 Å². The second-order valence-corrected chi connectivity index (χ2v) is 1.21. The standard InChI is InChI=1S/C3H6BrNO2/c1-2-7-3(6)5-4/h2H2,1H3,(H,5,6). The van der Waals surface area contributed by atoms with E-state index >= 15 is 0 Å². The fourth-order valence-electron chi connectivity index (χ4n) is 0.158. The van der Waals surface area contributed by atoms with Gasteiger partial charge in [-0.2, -0.15) is 0 Å². The monoisotopic (exact) mass is 167 g/mol.